The van der Waals surface area contributed by atoms with Gasteiger partial charge in [-0.3, -0.25) is 14.4 Å². The van der Waals surface area contributed by atoms with Crippen LogP contribution in [0.2, 0.25) is 0 Å². The molecule has 228 valence electrons. The van der Waals surface area contributed by atoms with Gasteiger partial charge in [-0.05, 0) is 91.0 Å². The number of carbonyl (C=O) groups is 3. The lowest BCUT2D eigenvalue weighted by Crippen LogP contribution is -2.25. The summed E-state index contributed by atoms with van der Waals surface area (Å²) in [6.45, 7) is 20.3. The minimum absolute atomic E-state index is 0.217. The largest absolute Gasteiger partial charge is 0.493 e. The first kappa shape index (κ1) is 34.1. The molecular weight excluding hydrogens is 536 g/mol. The standard InChI is InChI=1S/C34H44O8/c1-11-34(9,10)26-19-24(28(38-12-2)20-29(26)40-22-42-31(37)33(6,7)8)15-18-27(35)23-13-16-25(17-14-23)39-21-41-30(36)32(3,4)5/h11,13-20H,1,12,21-22H2,2-10H3. The van der Waals surface area contributed by atoms with E-state index in [0.29, 0.717) is 35.0 Å². The first-order chi connectivity index (χ1) is 19.5. The smallest absolute Gasteiger partial charge is 0.314 e. The number of carbonyl (C=O) groups excluding carboxylic acids is 3. The molecule has 0 amide bonds. The highest BCUT2D eigenvalue weighted by Gasteiger charge is 2.26. The van der Waals surface area contributed by atoms with Crippen LogP contribution in [0.3, 0.4) is 0 Å². The van der Waals surface area contributed by atoms with Crippen molar-refractivity contribution in [1.82, 2.24) is 0 Å². The average molecular weight is 581 g/mol. The van der Waals surface area contributed by atoms with E-state index in [1.54, 1.807) is 84.0 Å². The van der Waals surface area contributed by atoms with Crippen LogP contribution in [0.15, 0.2) is 55.1 Å². The fourth-order valence-electron chi connectivity index (χ4n) is 3.43. The molecule has 0 N–H and O–H groups in total. The predicted octanol–water partition coefficient (Wildman–Crippen LogP) is 7.30. The van der Waals surface area contributed by atoms with Crippen molar-refractivity contribution < 1.29 is 38.1 Å². The van der Waals surface area contributed by atoms with E-state index in [1.165, 1.54) is 6.08 Å². The summed E-state index contributed by atoms with van der Waals surface area (Å²) < 4.78 is 27.6. The number of rotatable bonds is 13. The lowest BCUT2D eigenvalue weighted by atomic mass is 9.83. The van der Waals surface area contributed by atoms with Crippen molar-refractivity contribution >= 4 is 23.8 Å². The zero-order valence-electron chi connectivity index (χ0n) is 26.3. The predicted molar refractivity (Wildman–Crippen MR) is 163 cm³/mol. The van der Waals surface area contributed by atoms with Crippen molar-refractivity contribution in [3.8, 4) is 17.2 Å². The third-order valence-electron chi connectivity index (χ3n) is 6.21. The SMILES string of the molecule is C=CC(C)(C)c1cc(C=CC(=O)c2ccc(OCOC(=O)C(C)(C)C)cc2)c(OCC)cc1OCOC(=O)C(C)(C)C. The molecule has 8 nitrogen and oxygen atoms in total. The first-order valence-electron chi connectivity index (χ1n) is 13.9. The zero-order valence-corrected chi connectivity index (χ0v) is 26.3. The Morgan fingerprint density at radius 3 is 1.81 bits per heavy atom. The summed E-state index contributed by atoms with van der Waals surface area (Å²) >= 11 is 0. The molecule has 0 aliphatic rings. The van der Waals surface area contributed by atoms with Gasteiger partial charge in [0.2, 0.25) is 13.6 Å². The van der Waals surface area contributed by atoms with Gasteiger partial charge in [0.25, 0.3) is 0 Å². The molecular formula is C34H44O8. The lowest BCUT2D eigenvalue weighted by Gasteiger charge is -2.26. The molecule has 0 spiro atoms. The van der Waals surface area contributed by atoms with Crippen LogP contribution in [-0.2, 0) is 24.5 Å². The van der Waals surface area contributed by atoms with E-state index < -0.39 is 16.2 Å². The number of hydrogen-bond donors (Lipinski definition) is 0. The summed E-state index contributed by atoms with van der Waals surface area (Å²) in [7, 11) is 0. The Morgan fingerprint density at radius 2 is 1.31 bits per heavy atom. The van der Waals surface area contributed by atoms with Crippen molar-refractivity contribution in [3.63, 3.8) is 0 Å². The molecule has 0 saturated heterocycles. The highest BCUT2D eigenvalue weighted by Crippen LogP contribution is 2.38. The quantitative estimate of drug-likeness (QED) is 0.0801. The average Bonchev–Trinajstić information content (AvgIpc) is 2.91. The van der Waals surface area contributed by atoms with Crippen molar-refractivity contribution in [2.24, 2.45) is 10.8 Å². The van der Waals surface area contributed by atoms with Gasteiger partial charge in [-0.2, -0.15) is 0 Å². The van der Waals surface area contributed by atoms with E-state index in [0.717, 1.165) is 5.56 Å². The van der Waals surface area contributed by atoms with E-state index in [4.69, 9.17) is 23.7 Å². The molecule has 42 heavy (non-hydrogen) atoms. The highest BCUT2D eigenvalue weighted by molar-refractivity contribution is 6.07. The molecule has 0 aromatic heterocycles. The Kier molecular flexibility index (Phi) is 11.5. The van der Waals surface area contributed by atoms with Gasteiger partial charge in [0, 0.05) is 28.2 Å². The van der Waals surface area contributed by atoms with E-state index in [9.17, 15) is 14.4 Å². The van der Waals surface area contributed by atoms with Gasteiger partial charge in [-0.15, -0.1) is 6.58 Å². The Labute approximate surface area is 249 Å². The topological polar surface area (TPSA) is 97.4 Å². The Bertz CT molecular complexity index is 1290. The van der Waals surface area contributed by atoms with Crippen molar-refractivity contribution in [2.45, 2.75) is 67.7 Å². The van der Waals surface area contributed by atoms with Crippen LogP contribution in [0.1, 0.15) is 83.8 Å². The van der Waals surface area contributed by atoms with Gasteiger partial charge in [0.15, 0.2) is 5.78 Å². The molecule has 0 saturated carbocycles. The molecule has 2 aromatic carbocycles. The monoisotopic (exact) mass is 580 g/mol. The zero-order chi connectivity index (χ0) is 31.7. The van der Waals surface area contributed by atoms with Crippen LogP contribution in [0.25, 0.3) is 6.08 Å². The summed E-state index contributed by atoms with van der Waals surface area (Å²) in [5.41, 5.74) is 0.139. The molecule has 0 fully saturated rings. The van der Waals surface area contributed by atoms with Gasteiger partial charge in [-0.1, -0.05) is 19.9 Å². The van der Waals surface area contributed by atoms with E-state index in [1.807, 2.05) is 26.8 Å². The number of ether oxygens (including phenoxy) is 5. The summed E-state index contributed by atoms with van der Waals surface area (Å²) in [5.74, 6) is 0.499. The van der Waals surface area contributed by atoms with Crippen LogP contribution in [-0.4, -0.2) is 37.9 Å². The normalized spacial score (nSPS) is 12.0. The maximum Gasteiger partial charge on any atom is 0.314 e. The minimum Gasteiger partial charge on any atom is -0.493 e. The maximum absolute atomic E-state index is 13.0. The van der Waals surface area contributed by atoms with E-state index in [2.05, 4.69) is 6.58 Å². The maximum atomic E-state index is 13.0. The number of allylic oxidation sites excluding steroid dienone is 2. The number of esters is 2. The van der Waals surface area contributed by atoms with E-state index >= 15 is 0 Å². The van der Waals surface area contributed by atoms with Gasteiger partial charge >= 0.3 is 11.9 Å². The van der Waals surface area contributed by atoms with Crippen LogP contribution in [0.5, 0.6) is 17.2 Å². The van der Waals surface area contributed by atoms with Crippen molar-refractivity contribution in [2.75, 3.05) is 20.2 Å². The fourth-order valence-corrected chi connectivity index (χ4v) is 3.43. The Balaban J connectivity index is 2.25. The molecule has 2 rings (SSSR count). The van der Waals surface area contributed by atoms with Gasteiger partial charge < -0.3 is 23.7 Å². The summed E-state index contributed by atoms with van der Waals surface area (Å²) in [6, 6.07) is 10.2. The van der Waals surface area contributed by atoms with Crippen molar-refractivity contribution in [1.29, 1.82) is 0 Å². The lowest BCUT2D eigenvalue weighted by molar-refractivity contribution is -0.160. The molecule has 0 bridgehead atoms. The molecule has 0 heterocycles. The molecule has 2 aromatic rings. The Hall–Kier alpha value is -4.07. The van der Waals surface area contributed by atoms with Crippen LogP contribution in [0.4, 0.5) is 0 Å². The van der Waals surface area contributed by atoms with Gasteiger partial charge in [0.05, 0.1) is 17.4 Å². The second-order valence-electron chi connectivity index (χ2n) is 12.4. The number of benzene rings is 2. The number of ketones is 1. The highest BCUT2D eigenvalue weighted by atomic mass is 16.7. The molecule has 0 radical (unpaired) electrons. The molecule has 0 aliphatic heterocycles. The molecule has 0 atom stereocenters. The second kappa shape index (κ2) is 14.2. The molecule has 0 aliphatic carbocycles. The summed E-state index contributed by atoms with van der Waals surface area (Å²) in [4.78, 5) is 37.0. The molecule has 8 heteroatoms. The van der Waals surface area contributed by atoms with Crippen molar-refractivity contribution in [3.05, 3.63) is 71.8 Å². The minimum atomic E-state index is -0.654. The first-order valence-corrected chi connectivity index (χ1v) is 13.9. The van der Waals surface area contributed by atoms with E-state index in [-0.39, 0.29) is 31.3 Å². The summed E-state index contributed by atoms with van der Waals surface area (Å²) in [5, 5.41) is 0. The molecule has 0 unspecified atom stereocenters. The number of hydrogen-bond acceptors (Lipinski definition) is 8. The third kappa shape index (κ3) is 9.79. The van der Waals surface area contributed by atoms with Crippen LogP contribution in [0, 0.1) is 10.8 Å². The third-order valence-corrected chi connectivity index (χ3v) is 6.21. The Morgan fingerprint density at radius 1 is 0.762 bits per heavy atom. The van der Waals surface area contributed by atoms with Gasteiger partial charge in [-0.25, -0.2) is 0 Å². The van der Waals surface area contributed by atoms with Crippen LogP contribution >= 0.6 is 0 Å². The summed E-state index contributed by atoms with van der Waals surface area (Å²) in [6.07, 6.45) is 4.95. The second-order valence-corrected chi connectivity index (χ2v) is 12.4. The fraction of sp³-hybridized carbons (Fsp3) is 0.441. The van der Waals surface area contributed by atoms with Crippen LogP contribution < -0.4 is 14.2 Å². The van der Waals surface area contributed by atoms with Gasteiger partial charge in [0.1, 0.15) is 17.2 Å².